The van der Waals surface area contributed by atoms with Gasteiger partial charge in [0.15, 0.2) is 0 Å². The first-order valence-corrected chi connectivity index (χ1v) is 3.69. The lowest BCUT2D eigenvalue weighted by Crippen LogP contribution is -2.56. The van der Waals surface area contributed by atoms with Crippen molar-refractivity contribution in [2.24, 2.45) is 0 Å². The third-order valence-electron chi connectivity index (χ3n) is 1.44. The van der Waals surface area contributed by atoms with Crippen molar-refractivity contribution in [3.63, 3.8) is 0 Å². The van der Waals surface area contributed by atoms with Crippen molar-refractivity contribution in [2.75, 3.05) is 0 Å². The van der Waals surface area contributed by atoms with Gasteiger partial charge < -0.3 is 0 Å². The van der Waals surface area contributed by atoms with Gasteiger partial charge in [0.1, 0.15) is 6.33 Å². The maximum atomic E-state index is 12.4. The summed E-state index contributed by atoms with van der Waals surface area (Å²) in [5.41, 5.74) is 0. The standard InChI is InChI=1S/C6H2ClF9/c7-2(1-8)3(9)4(10,11)5(12,13)6(14,15)16/h1,3H. The quantitative estimate of drug-likeness (QED) is 0.680. The van der Waals surface area contributed by atoms with Crippen LogP contribution in [-0.2, 0) is 0 Å². The molecule has 96 valence electrons. The molecular weight excluding hydrogens is 279 g/mol. The van der Waals surface area contributed by atoms with Gasteiger partial charge in [-0.15, -0.1) is 0 Å². The predicted octanol–water partition coefficient (Wildman–Crippen LogP) is 4.21. The number of halogens is 10. The van der Waals surface area contributed by atoms with E-state index in [0.29, 0.717) is 0 Å². The SMILES string of the molecule is FC=C(Cl)C(F)C(F)(F)C(F)(F)C(F)(F)F. The number of hydrogen-bond acceptors (Lipinski definition) is 0. The molecule has 0 aliphatic heterocycles. The fraction of sp³-hybridized carbons (Fsp3) is 0.667. The van der Waals surface area contributed by atoms with Crippen LogP contribution in [0.4, 0.5) is 39.5 Å². The Kier molecular flexibility index (Phi) is 4.18. The molecule has 16 heavy (non-hydrogen) atoms. The van der Waals surface area contributed by atoms with E-state index in [1.807, 2.05) is 0 Å². The van der Waals surface area contributed by atoms with Gasteiger partial charge in [0.05, 0.1) is 5.03 Å². The number of allylic oxidation sites excluding steroid dienone is 1. The molecule has 10 heteroatoms. The average Bonchev–Trinajstić information content (AvgIpc) is 2.13. The van der Waals surface area contributed by atoms with Gasteiger partial charge in [0, 0.05) is 0 Å². The highest BCUT2D eigenvalue weighted by Crippen LogP contribution is 2.50. The van der Waals surface area contributed by atoms with E-state index in [2.05, 4.69) is 11.6 Å². The fourth-order valence-corrected chi connectivity index (χ4v) is 0.714. The van der Waals surface area contributed by atoms with Crippen molar-refractivity contribution in [3.05, 3.63) is 11.4 Å². The molecule has 0 aromatic rings. The summed E-state index contributed by atoms with van der Waals surface area (Å²) in [5, 5.41) is -2.09. The van der Waals surface area contributed by atoms with E-state index >= 15 is 0 Å². The molecule has 0 fully saturated rings. The largest absolute Gasteiger partial charge is 0.460 e. The summed E-state index contributed by atoms with van der Waals surface area (Å²) >= 11 is 4.39. The van der Waals surface area contributed by atoms with Crippen LogP contribution in [0.2, 0.25) is 0 Å². The molecule has 0 aliphatic rings. The Balaban J connectivity index is 5.36. The summed E-state index contributed by atoms with van der Waals surface area (Å²) in [6, 6.07) is 0. The van der Waals surface area contributed by atoms with Crippen molar-refractivity contribution in [1.29, 1.82) is 0 Å². The van der Waals surface area contributed by atoms with Crippen molar-refractivity contribution < 1.29 is 39.5 Å². The molecule has 0 spiro atoms. The van der Waals surface area contributed by atoms with Crippen molar-refractivity contribution >= 4 is 11.6 Å². The minimum absolute atomic E-state index is 1.04. The summed E-state index contributed by atoms with van der Waals surface area (Å²) in [7, 11) is 0. The smallest absolute Gasteiger partial charge is 0.234 e. The van der Waals surface area contributed by atoms with Gasteiger partial charge in [-0.3, -0.25) is 0 Å². The number of rotatable bonds is 3. The van der Waals surface area contributed by atoms with Crippen molar-refractivity contribution in [2.45, 2.75) is 24.2 Å². The Morgan fingerprint density at radius 2 is 1.38 bits per heavy atom. The molecule has 0 aromatic heterocycles. The molecule has 0 aliphatic carbocycles. The Bertz CT molecular complexity index is 278. The Morgan fingerprint density at radius 3 is 1.62 bits per heavy atom. The van der Waals surface area contributed by atoms with Gasteiger partial charge >= 0.3 is 18.0 Å². The van der Waals surface area contributed by atoms with Crippen LogP contribution in [0.15, 0.2) is 11.4 Å². The summed E-state index contributed by atoms with van der Waals surface area (Å²) in [4.78, 5) is 0. The zero-order chi connectivity index (χ0) is 13.4. The van der Waals surface area contributed by atoms with Gasteiger partial charge in [-0.25, -0.2) is 8.78 Å². The van der Waals surface area contributed by atoms with Gasteiger partial charge in [-0.05, 0) is 0 Å². The molecular formula is C6H2ClF9. The molecule has 0 bridgehead atoms. The number of alkyl halides is 8. The van der Waals surface area contributed by atoms with E-state index in [0.717, 1.165) is 0 Å². The first-order valence-electron chi connectivity index (χ1n) is 3.31. The Labute approximate surface area is 87.7 Å². The van der Waals surface area contributed by atoms with Gasteiger partial charge in [0.2, 0.25) is 6.17 Å². The first kappa shape index (κ1) is 15.4. The molecule has 0 saturated heterocycles. The normalized spacial score (nSPS) is 17.5. The zero-order valence-corrected chi connectivity index (χ0v) is 7.69. The molecule has 0 aromatic carbocycles. The van der Waals surface area contributed by atoms with Gasteiger partial charge in [0.25, 0.3) is 0 Å². The van der Waals surface area contributed by atoms with Crippen LogP contribution in [0.1, 0.15) is 0 Å². The van der Waals surface area contributed by atoms with Crippen LogP contribution >= 0.6 is 11.6 Å². The second-order valence-corrected chi connectivity index (χ2v) is 2.99. The molecule has 1 unspecified atom stereocenters. The molecule has 0 N–H and O–H groups in total. The van der Waals surface area contributed by atoms with E-state index in [9.17, 15) is 39.5 Å². The second-order valence-electron chi connectivity index (χ2n) is 2.55. The van der Waals surface area contributed by atoms with Crippen LogP contribution in [-0.4, -0.2) is 24.2 Å². The van der Waals surface area contributed by atoms with Crippen LogP contribution < -0.4 is 0 Å². The lowest BCUT2D eigenvalue weighted by Gasteiger charge is -2.29. The first-order chi connectivity index (χ1) is 6.89. The highest BCUT2D eigenvalue weighted by molar-refractivity contribution is 6.30. The lowest BCUT2D eigenvalue weighted by atomic mass is 10.1. The lowest BCUT2D eigenvalue weighted by molar-refractivity contribution is -0.362. The Morgan fingerprint density at radius 1 is 1.00 bits per heavy atom. The van der Waals surface area contributed by atoms with Crippen LogP contribution in [0.25, 0.3) is 0 Å². The maximum Gasteiger partial charge on any atom is 0.460 e. The van der Waals surface area contributed by atoms with E-state index < -0.39 is 35.6 Å². The molecule has 1 atom stereocenters. The van der Waals surface area contributed by atoms with Crippen LogP contribution in [0.3, 0.4) is 0 Å². The van der Waals surface area contributed by atoms with Gasteiger partial charge in [-0.1, -0.05) is 11.6 Å². The maximum absolute atomic E-state index is 12.4. The minimum atomic E-state index is -6.69. The Hall–Kier alpha value is -0.600. The monoisotopic (exact) mass is 280 g/mol. The van der Waals surface area contributed by atoms with Crippen LogP contribution in [0.5, 0.6) is 0 Å². The highest BCUT2D eigenvalue weighted by Gasteiger charge is 2.76. The highest BCUT2D eigenvalue weighted by atomic mass is 35.5. The van der Waals surface area contributed by atoms with Crippen LogP contribution in [0, 0.1) is 0 Å². The molecule has 0 rings (SSSR count). The molecule has 0 nitrogen and oxygen atoms in total. The van der Waals surface area contributed by atoms with Crippen molar-refractivity contribution in [1.82, 2.24) is 0 Å². The molecule has 0 radical (unpaired) electrons. The van der Waals surface area contributed by atoms with Crippen molar-refractivity contribution in [3.8, 4) is 0 Å². The summed E-state index contributed by atoms with van der Waals surface area (Å²) in [5.74, 6) is -12.9. The third-order valence-corrected chi connectivity index (χ3v) is 1.71. The molecule has 0 amide bonds. The number of hydrogen-bond donors (Lipinski definition) is 0. The molecule has 0 heterocycles. The summed E-state index contributed by atoms with van der Waals surface area (Å²) < 4.78 is 107. The third kappa shape index (κ3) is 2.38. The van der Waals surface area contributed by atoms with E-state index in [-0.39, 0.29) is 0 Å². The second kappa shape index (κ2) is 4.34. The zero-order valence-electron chi connectivity index (χ0n) is 6.93. The topological polar surface area (TPSA) is 0 Å². The van der Waals surface area contributed by atoms with E-state index in [4.69, 9.17) is 0 Å². The summed E-state index contributed by atoms with van der Waals surface area (Å²) in [6.45, 7) is 0. The van der Waals surface area contributed by atoms with E-state index in [1.165, 1.54) is 0 Å². The van der Waals surface area contributed by atoms with E-state index in [1.54, 1.807) is 0 Å². The summed E-state index contributed by atoms with van der Waals surface area (Å²) in [6.07, 6.45) is -12.0. The predicted molar refractivity (Wildman–Crippen MR) is 35.9 cm³/mol. The minimum Gasteiger partial charge on any atom is -0.234 e. The average molecular weight is 281 g/mol. The fourth-order valence-electron chi connectivity index (χ4n) is 0.577. The van der Waals surface area contributed by atoms with Gasteiger partial charge in [-0.2, -0.15) is 30.7 Å². The molecule has 0 saturated carbocycles.